The highest BCUT2D eigenvalue weighted by molar-refractivity contribution is 9.11. The third kappa shape index (κ3) is 4.31. The molecule has 0 fully saturated rings. The molecule has 4 nitrogen and oxygen atoms in total. The van der Waals surface area contributed by atoms with Crippen molar-refractivity contribution in [3.63, 3.8) is 0 Å². The summed E-state index contributed by atoms with van der Waals surface area (Å²) in [6.07, 6.45) is 2.54. The van der Waals surface area contributed by atoms with Crippen LogP contribution < -0.4 is 24.9 Å². The fourth-order valence-electron chi connectivity index (χ4n) is 4.28. The van der Waals surface area contributed by atoms with Crippen LogP contribution in [0.15, 0.2) is 124 Å². The maximum atomic E-state index is 12.2. The van der Waals surface area contributed by atoms with Crippen molar-refractivity contribution in [1.29, 1.82) is 0 Å². The Morgan fingerprint density at radius 2 is 0.971 bits per heavy atom. The van der Waals surface area contributed by atoms with E-state index in [4.69, 9.17) is 4.43 Å². The number of amides is 2. The van der Waals surface area contributed by atoms with Crippen molar-refractivity contribution in [3.05, 3.63) is 124 Å². The van der Waals surface area contributed by atoms with Gasteiger partial charge in [-0.1, -0.05) is 91.0 Å². The third-order valence-electron chi connectivity index (χ3n) is 5.85. The summed E-state index contributed by atoms with van der Waals surface area (Å²) in [5.74, 6) is -0.142. The summed E-state index contributed by atoms with van der Waals surface area (Å²) in [7, 11) is -3.02. The van der Waals surface area contributed by atoms with Crippen molar-refractivity contribution >= 4 is 73.2 Å². The van der Waals surface area contributed by atoms with Crippen LogP contribution in [0.2, 0.25) is 0 Å². The number of anilines is 1. The van der Waals surface area contributed by atoms with Gasteiger partial charge in [0.15, 0.2) is 0 Å². The quantitative estimate of drug-likeness (QED) is 0.182. The summed E-state index contributed by atoms with van der Waals surface area (Å²) in [5, 5.41) is 3.28. The zero-order valence-electron chi connectivity index (χ0n) is 18.4. The van der Waals surface area contributed by atoms with Gasteiger partial charge in [0.25, 0.3) is 11.8 Å². The topological polar surface area (TPSA) is 46.6 Å². The van der Waals surface area contributed by atoms with E-state index in [1.54, 1.807) is 12.1 Å². The molecule has 35 heavy (non-hydrogen) atoms. The van der Waals surface area contributed by atoms with Crippen LogP contribution in [0.3, 0.4) is 0 Å². The molecular weight excluding hydrogens is 586 g/mol. The number of halogens is 2. The summed E-state index contributed by atoms with van der Waals surface area (Å²) in [5.41, 5.74) is 0.461. The number of benzene rings is 4. The average Bonchev–Trinajstić information content (AvgIpc) is 3.23. The first-order valence-electron chi connectivity index (χ1n) is 10.9. The van der Waals surface area contributed by atoms with Crippen LogP contribution in [0.4, 0.5) is 5.69 Å². The summed E-state index contributed by atoms with van der Waals surface area (Å²) < 4.78 is 8.40. The summed E-state index contributed by atoms with van der Waals surface area (Å²) in [4.78, 5) is 25.6. The highest BCUT2D eigenvalue weighted by Crippen LogP contribution is 2.39. The van der Waals surface area contributed by atoms with Gasteiger partial charge >= 0.3 is 8.32 Å². The summed E-state index contributed by atoms with van der Waals surface area (Å²) >= 11 is 7.31. The molecule has 1 heterocycles. The van der Waals surface area contributed by atoms with Crippen molar-refractivity contribution < 1.29 is 14.0 Å². The molecule has 0 radical (unpaired) electrons. The minimum Gasteiger partial charge on any atom is -0.529 e. The number of rotatable bonds is 6. The van der Waals surface area contributed by atoms with Crippen LogP contribution in [0.1, 0.15) is 0 Å². The second-order valence-corrected chi connectivity index (χ2v) is 13.0. The monoisotopic (exact) mass is 603 g/mol. The molecule has 0 unspecified atom stereocenters. The highest BCUT2D eigenvalue weighted by Gasteiger charge is 2.44. The zero-order chi connectivity index (χ0) is 24.4. The van der Waals surface area contributed by atoms with E-state index < -0.39 is 8.32 Å². The number of hydrogen-bond donors (Lipinski definition) is 0. The molecule has 172 valence electrons. The predicted octanol–water partition coefficient (Wildman–Crippen LogP) is 4.69. The molecule has 7 heteroatoms. The molecule has 0 spiro atoms. The van der Waals surface area contributed by atoms with Crippen LogP contribution in [0.5, 0.6) is 5.75 Å². The molecule has 1 aliphatic rings. The van der Waals surface area contributed by atoms with Gasteiger partial charge in [-0.2, -0.15) is 0 Å². The first-order chi connectivity index (χ1) is 17.0. The van der Waals surface area contributed by atoms with E-state index in [9.17, 15) is 9.59 Å². The Morgan fingerprint density at radius 3 is 1.34 bits per heavy atom. The van der Waals surface area contributed by atoms with Crippen LogP contribution in [0.25, 0.3) is 0 Å². The number of hydrogen-bond acceptors (Lipinski definition) is 3. The maximum absolute atomic E-state index is 12.2. The van der Waals surface area contributed by atoms with Gasteiger partial charge in [0, 0.05) is 12.2 Å². The second kappa shape index (κ2) is 9.77. The van der Waals surface area contributed by atoms with Gasteiger partial charge in [-0.05, 0) is 59.6 Å². The zero-order valence-corrected chi connectivity index (χ0v) is 22.6. The van der Waals surface area contributed by atoms with E-state index in [1.165, 1.54) is 12.2 Å². The minimum absolute atomic E-state index is 0.371. The molecule has 0 bridgehead atoms. The first kappa shape index (κ1) is 23.5. The van der Waals surface area contributed by atoms with Crippen LogP contribution in [0, 0.1) is 0 Å². The molecule has 0 aliphatic carbocycles. The Kier molecular flexibility index (Phi) is 6.56. The standard InChI is InChI=1S/C28H19Br2NO3Si/c29-24-18-20(31-26(32)16-17-27(31)33)19-25(30)28(24)34-35(21-10-4-1-5-11-21,22-12-6-2-7-13-22)23-14-8-3-9-15-23/h1-19H. The molecule has 1 aliphatic heterocycles. The molecule has 4 aromatic carbocycles. The second-order valence-electron chi connectivity index (χ2n) is 7.97. The summed E-state index contributed by atoms with van der Waals surface area (Å²) in [6, 6.07) is 34.3. The Morgan fingerprint density at radius 1 is 0.600 bits per heavy atom. The average molecular weight is 605 g/mol. The van der Waals surface area contributed by atoms with Gasteiger partial charge in [-0.25, -0.2) is 4.90 Å². The van der Waals surface area contributed by atoms with Crippen molar-refractivity contribution in [2.45, 2.75) is 0 Å². The molecule has 0 saturated heterocycles. The number of nitrogens with zero attached hydrogens (tertiary/aromatic N) is 1. The lowest BCUT2D eigenvalue weighted by atomic mass is 10.3. The highest BCUT2D eigenvalue weighted by atomic mass is 79.9. The summed E-state index contributed by atoms with van der Waals surface area (Å²) in [6.45, 7) is 0. The van der Waals surface area contributed by atoms with E-state index in [-0.39, 0.29) is 11.8 Å². The Balaban J connectivity index is 1.71. The van der Waals surface area contributed by atoms with Crippen LogP contribution in [-0.4, -0.2) is 20.1 Å². The van der Waals surface area contributed by atoms with Gasteiger partial charge in [0.1, 0.15) is 5.75 Å². The number of imide groups is 1. The molecule has 4 aromatic rings. The van der Waals surface area contributed by atoms with E-state index in [1.807, 2.05) is 54.6 Å². The van der Waals surface area contributed by atoms with Crippen molar-refractivity contribution in [2.75, 3.05) is 4.90 Å². The Labute approximate surface area is 221 Å². The minimum atomic E-state index is -3.02. The molecule has 2 amide bonds. The molecule has 5 rings (SSSR count). The lowest BCUT2D eigenvalue weighted by Crippen LogP contribution is -2.71. The molecular formula is C28H19Br2NO3Si. The van der Waals surface area contributed by atoms with Gasteiger partial charge in [-0.3, -0.25) is 9.59 Å². The SMILES string of the molecule is O=C1C=CC(=O)N1c1cc(Br)c(O[Si](c2ccccc2)(c2ccccc2)c2ccccc2)c(Br)c1. The van der Waals surface area contributed by atoms with Crippen molar-refractivity contribution in [3.8, 4) is 5.75 Å². The number of carbonyl (C=O) groups excluding carboxylic acids is 2. The van der Waals surface area contributed by atoms with Gasteiger partial charge in [0.2, 0.25) is 0 Å². The lowest BCUT2D eigenvalue weighted by molar-refractivity contribution is -0.119. The third-order valence-corrected chi connectivity index (χ3v) is 11.0. The molecule has 0 saturated carbocycles. The van der Waals surface area contributed by atoms with Gasteiger partial charge in [0.05, 0.1) is 14.6 Å². The van der Waals surface area contributed by atoms with Crippen LogP contribution >= 0.6 is 31.9 Å². The van der Waals surface area contributed by atoms with E-state index in [0.717, 1.165) is 20.5 Å². The maximum Gasteiger partial charge on any atom is 0.347 e. The molecule has 0 atom stereocenters. The Hall–Kier alpha value is -3.26. The fraction of sp³-hybridized carbons (Fsp3) is 0. The first-order valence-corrected chi connectivity index (χ1v) is 14.4. The van der Waals surface area contributed by atoms with E-state index in [2.05, 4.69) is 68.3 Å². The van der Waals surface area contributed by atoms with E-state index >= 15 is 0 Å². The number of carbonyl (C=O) groups is 2. The lowest BCUT2D eigenvalue weighted by Gasteiger charge is -2.34. The smallest absolute Gasteiger partial charge is 0.347 e. The van der Waals surface area contributed by atoms with Crippen molar-refractivity contribution in [1.82, 2.24) is 0 Å². The van der Waals surface area contributed by atoms with Crippen molar-refractivity contribution in [2.24, 2.45) is 0 Å². The Bertz CT molecular complexity index is 1290. The predicted molar refractivity (Wildman–Crippen MR) is 148 cm³/mol. The normalized spacial score (nSPS) is 13.4. The van der Waals surface area contributed by atoms with Gasteiger partial charge < -0.3 is 4.43 Å². The molecule has 0 N–H and O–H groups in total. The fourth-order valence-corrected chi connectivity index (χ4v) is 9.76. The van der Waals surface area contributed by atoms with E-state index in [0.29, 0.717) is 20.4 Å². The van der Waals surface area contributed by atoms with Crippen LogP contribution in [-0.2, 0) is 9.59 Å². The molecule has 0 aromatic heterocycles. The largest absolute Gasteiger partial charge is 0.529 e. The van der Waals surface area contributed by atoms with Gasteiger partial charge in [-0.15, -0.1) is 0 Å².